The fraction of sp³-hybridized carbons (Fsp3) is 0.188. The van der Waals surface area contributed by atoms with Crippen molar-refractivity contribution in [2.45, 2.75) is 6.61 Å². The lowest BCUT2D eigenvalue weighted by atomic mass is 10.2. The van der Waals surface area contributed by atoms with Gasteiger partial charge in [0.15, 0.2) is 17.4 Å². The molecule has 0 saturated heterocycles. The number of benzene rings is 2. The van der Waals surface area contributed by atoms with Crippen LogP contribution in [0.3, 0.4) is 0 Å². The predicted molar refractivity (Wildman–Crippen MR) is 89.0 cm³/mol. The molecular formula is C16H14F2INO3. The van der Waals surface area contributed by atoms with Crippen molar-refractivity contribution in [1.29, 1.82) is 0 Å². The van der Waals surface area contributed by atoms with Gasteiger partial charge in [0.2, 0.25) is 0 Å². The van der Waals surface area contributed by atoms with Gasteiger partial charge in [0.1, 0.15) is 6.61 Å². The smallest absolute Gasteiger partial charge is 0.278 e. The Kier molecular flexibility index (Phi) is 5.89. The fourth-order valence-corrected chi connectivity index (χ4v) is 2.48. The molecule has 0 fully saturated rings. The van der Waals surface area contributed by atoms with E-state index >= 15 is 0 Å². The zero-order chi connectivity index (χ0) is 17.0. The monoisotopic (exact) mass is 433 g/mol. The average Bonchev–Trinajstić information content (AvgIpc) is 2.57. The van der Waals surface area contributed by atoms with E-state index in [0.29, 0.717) is 0 Å². The number of rotatable bonds is 5. The van der Waals surface area contributed by atoms with Gasteiger partial charge < -0.3 is 4.74 Å². The molecule has 1 amide bonds. The molecule has 0 radical (unpaired) electrons. The molecule has 0 aromatic heterocycles. The molecule has 0 spiro atoms. The van der Waals surface area contributed by atoms with Gasteiger partial charge in [-0.1, -0.05) is 30.3 Å². The number of carbonyl (C=O) groups is 1. The molecule has 23 heavy (non-hydrogen) atoms. The minimum Gasteiger partial charge on any atom is -0.483 e. The molecule has 0 N–H and O–H groups in total. The van der Waals surface area contributed by atoms with Crippen molar-refractivity contribution in [2.24, 2.45) is 0 Å². The number of carbonyl (C=O) groups excluding carboxylic acids is 1. The summed E-state index contributed by atoms with van der Waals surface area (Å²) in [6, 6.07) is 9.96. The fourth-order valence-electron chi connectivity index (χ4n) is 1.85. The van der Waals surface area contributed by atoms with Crippen LogP contribution in [-0.2, 0) is 11.4 Å². The molecule has 0 heterocycles. The average molecular weight is 433 g/mol. The van der Waals surface area contributed by atoms with E-state index in [-0.39, 0.29) is 15.7 Å². The van der Waals surface area contributed by atoms with Crippen LogP contribution < -0.4 is 4.74 Å². The number of amides is 1. The van der Waals surface area contributed by atoms with E-state index in [4.69, 9.17) is 9.57 Å². The van der Waals surface area contributed by atoms with E-state index in [1.54, 1.807) is 46.9 Å². The quantitative estimate of drug-likeness (QED) is 0.410. The Labute approximate surface area is 146 Å². The zero-order valence-corrected chi connectivity index (χ0v) is 14.6. The van der Waals surface area contributed by atoms with E-state index < -0.39 is 23.3 Å². The molecule has 0 aliphatic rings. The van der Waals surface area contributed by atoms with Crippen LogP contribution in [0, 0.1) is 15.2 Å². The number of nitrogens with zero attached hydrogens (tertiary/aromatic N) is 1. The Hall–Kier alpha value is -1.74. The Bertz CT molecular complexity index is 710. The van der Waals surface area contributed by atoms with Gasteiger partial charge in [-0.2, -0.15) is 0 Å². The second-order valence-corrected chi connectivity index (χ2v) is 5.70. The van der Waals surface area contributed by atoms with Crippen LogP contribution in [0.1, 0.15) is 15.9 Å². The van der Waals surface area contributed by atoms with Crippen LogP contribution >= 0.6 is 22.6 Å². The van der Waals surface area contributed by atoms with Gasteiger partial charge in [0, 0.05) is 7.05 Å². The maximum absolute atomic E-state index is 14.4. The Balaban J connectivity index is 2.29. The normalized spacial score (nSPS) is 10.5. The van der Waals surface area contributed by atoms with Gasteiger partial charge in [-0.3, -0.25) is 9.63 Å². The van der Waals surface area contributed by atoms with Crippen molar-refractivity contribution < 1.29 is 23.1 Å². The minimum absolute atomic E-state index is 0.0238. The number of hydroxylamine groups is 2. The third kappa shape index (κ3) is 3.97. The van der Waals surface area contributed by atoms with E-state index in [1.165, 1.54) is 14.2 Å². The Morgan fingerprint density at radius 1 is 1.26 bits per heavy atom. The summed E-state index contributed by atoms with van der Waals surface area (Å²) in [7, 11) is 2.64. The SMILES string of the molecule is CON(C)C(=O)c1cc(F)c(OCc2ccccc2)c(F)c1I. The first-order valence-electron chi connectivity index (χ1n) is 6.62. The molecule has 4 nitrogen and oxygen atoms in total. The molecule has 0 unspecified atom stereocenters. The number of halogens is 3. The van der Waals surface area contributed by atoms with Crippen molar-refractivity contribution in [3.05, 3.63) is 62.7 Å². The summed E-state index contributed by atoms with van der Waals surface area (Å²) in [5.74, 6) is -3.00. The maximum atomic E-state index is 14.4. The first kappa shape index (κ1) is 17.6. The Morgan fingerprint density at radius 2 is 1.91 bits per heavy atom. The van der Waals surface area contributed by atoms with E-state index in [9.17, 15) is 13.6 Å². The number of hydrogen-bond acceptors (Lipinski definition) is 3. The van der Waals surface area contributed by atoms with Crippen molar-refractivity contribution in [3.8, 4) is 5.75 Å². The van der Waals surface area contributed by atoms with E-state index in [0.717, 1.165) is 16.7 Å². The largest absolute Gasteiger partial charge is 0.483 e. The number of hydrogen-bond donors (Lipinski definition) is 0. The molecule has 7 heteroatoms. The van der Waals surface area contributed by atoms with Crippen molar-refractivity contribution in [1.82, 2.24) is 5.06 Å². The second kappa shape index (κ2) is 7.69. The van der Waals surface area contributed by atoms with Crippen LogP contribution in [0.2, 0.25) is 0 Å². The van der Waals surface area contributed by atoms with Gasteiger partial charge >= 0.3 is 0 Å². The van der Waals surface area contributed by atoms with Crippen molar-refractivity contribution >= 4 is 28.5 Å². The van der Waals surface area contributed by atoms with E-state index in [2.05, 4.69) is 0 Å². The zero-order valence-electron chi connectivity index (χ0n) is 12.5. The Morgan fingerprint density at radius 3 is 2.52 bits per heavy atom. The molecule has 2 aromatic rings. The summed E-state index contributed by atoms with van der Waals surface area (Å²) in [5.41, 5.74) is 0.651. The highest BCUT2D eigenvalue weighted by Crippen LogP contribution is 2.30. The van der Waals surface area contributed by atoms with Gasteiger partial charge in [0.25, 0.3) is 5.91 Å². The summed E-state index contributed by atoms with van der Waals surface area (Å²) in [5, 5.41) is 0.890. The lowest BCUT2D eigenvalue weighted by Crippen LogP contribution is -2.26. The molecule has 0 saturated carbocycles. The van der Waals surface area contributed by atoms with Gasteiger partial charge in [0.05, 0.1) is 16.2 Å². The van der Waals surface area contributed by atoms with E-state index in [1.807, 2.05) is 6.07 Å². The maximum Gasteiger partial charge on any atom is 0.278 e. The van der Waals surface area contributed by atoms with Crippen LogP contribution in [0.5, 0.6) is 5.75 Å². The van der Waals surface area contributed by atoms with Crippen LogP contribution in [-0.4, -0.2) is 25.1 Å². The molecule has 0 aliphatic carbocycles. The minimum atomic E-state index is -0.938. The van der Waals surface area contributed by atoms with Gasteiger partial charge in [-0.05, 0) is 34.2 Å². The lowest BCUT2D eigenvalue weighted by molar-refractivity contribution is -0.0758. The van der Waals surface area contributed by atoms with Crippen LogP contribution in [0.15, 0.2) is 36.4 Å². The third-order valence-electron chi connectivity index (χ3n) is 3.13. The topological polar surface area (TPSA) is 38.8 Å². The molecule has 0 atom stereocenters. The molecule has 0 aliphatic heterocycles. The van der Waals surface area contributed by atoms with Gasteiger partial charge in [-0.15, -0.1) is 0 Å². The summed E-state index contributed by atoms with van der Waals surface area (Å²) in [6.45, 7) is 0.0238. The highest BCUT2D eigenvalue weighted by Gasteiger charge is 2.24. The predicted octanol–water partition coefficient (Wildman–Crippen LogP) is 3.78. The summed E-state index contributed by atoms with van der Waals surface area (Å²) < 4.78 is 33.7. The molecule has 0 bridgehead atoms. The van der Waals surface area contributed by atoms with Crippen molar-refractivity contribution in [3.63, 3.8) is 0 Å². The standard InChI is InChI=1S/C16H14F2INO3/c1-20(22-2)16(21)11-8-12(17)15(13(18)14(11)19)23-9-10-6-4-3-5-7-10/h3-8H,9H2,1-2H3. The first-order valence-corrected chi connectivity index (χ1v) is 7.70. The summed E-state index contributed by atoms with van der Waals surface area (Å²) in [4.78, 5) is 16.8. The summed E-state index contributed by atoms with van der Waals surface area (Å²) in [6.07, 6.45) is 0. The highest BCUT2D eigenvalue weighted by molar-refractivity contribution is 14.1. The van der Waals surface area contributed by atoms with Gasteiger partial charge in [-0.25, -0.2) is 13.8 Å². The molecule has 122 valence electrons. The lowest BCUT2D eigenvalue weighted by Gasteiger charge is -2.16. The summed E-state index contributed by atoms with van der Waals surface area (Å²) >= 11 is 1.64. The molecule has 2 rings (SSSR count). The molecule has 2 aromatic carbocycles. The first-order chi connectivity index (χ1) is 11.0. The van der Waals surface area contributed by atoms with Crippen molar-refractivity contribution in [2.75, 3.05) is 14.2 Å². The van der Waals surface area contributed by atoms with Crippen LogP contribution in [0.25, 0.3) is 0 Å². The second-order valence-electron chi connectivity index (χ2n) is 4.62. The molecular weight excluding hydrogens is 419 g/mol. The van der Waals surface area contributed by atoms with Crippen LogP contribution in [0.4, 0.5) is 8.78 Å². The number of ether oxygens (including phenoxy) is 1. The highest BCUT2D eigenvalue weighted by atomic mass is 127. The third-order valence-corrected chi connectivity index (χ3v) is 4.19.